The molecule has 1 saturated carbocycles. The van der Waals surface area contributed by atoms with Crippen LogP contribution in [-0.4, -0.2) is 52.5 Å². The van der Waals surface area contributed by atoms with E-state index in [0.717, 1.165) is 56.2 Å². The number of aromatic nitrogens is 2. The highest BCUT2D eigenvalue weighted by molar-refractivity contribution is 7.08. The topological polar surface area (TPSA) is 62.5 Å². The number of thiophene rings is 1. The zero-order valence-electron chi connectivity index (χ0n) is 15.8. The molecule has 5 rings (SSSR count). The average molecular weight is 387 g/mol. The molecule has 1 unspecified atom stereocenters. The van der Waals surface area contributed by atoms with E-state index in [-0.39, 0.29) is 17.4 Å². The standard InChI is InChI=1S/C20H26N4O2S/c1-23-13-20(6-8-24(9-7-20)19(25)15-5-10-27-12-15)11-16(23)17-21-18(26-22-17)14-3-2-4-14/h5,10,12,14,16H,2-4,6-9,11,13H2,1H3. The van der Waals surface area contributed by atoms with E-state index in [2.05, 4.69) is 17.1 Å². The van der Waals surface area contributed by atoms with Crippen molar-refractivity contribution in [2.45, 2.75) is 50.5 Å². The molecular formula is C20H26N4O2S. The molecule has 6 nitrogen and oxygen atoms in total. The first-order valence-electron chi connectivity index (χ1n) is 9.99. The van der Waals surface area contributed by atoms with Gasteiger partial charge in [-0.3, -0.25) is 9.69 Å². The van der Waals surface area contributed by atoms with Gasteiger partial charge < -0.3 is 9.42 Å². The lowest BCUT2D eigenvalue weighted by molar-refractivity contribution is 0.0594. The van der Waals surface area contributed by atoms with Gasteiger partial charge in [0, 0.05) is 30.9 Å². The number of piperidine rings is 1. The molecule has 0 N–H and O–H groups in total. The van der Waals surface area contributed by atoms with Crippen LogP contribution in [0, 0.1) is 5.41 Å². The summed E-state index contributed by atoms with van der Waals surface area (Å²) in [6, 6.07) is 2.16. The molecule has 2 aliphatic heterocycles. The van der Waals surface area contributed by atoms with Crippen LogP contribution in [-0.2, 0) is 0 Å². The Morgan fingerprint density at radius 2 is 2.15 bits per heavy atom. The molecule has 1 spiro atoms. The van der Waals surface area contributed by atoms with Crippen LogP contribution in [0.2, 0.25) is 0 Å². The number of carbonyl (C=O) groups excluding carboxylic acids is 1. The van der Waals surface area contributed by atoms with Crippen LogP contribution >= 0.6 is 11.3 Å². The first-order valence-corrected chi connectivity index (χ1v) is 10.9. The Hall–Kier alpha value is -1.73. The number of hydrogen-bond acceptors (Lipinski definition) is 6. The van der Waals surface area contributed by atoms with E-state index >= 15 is 0 Å². The summed E-state index contributed by atoms with van der Waals surface area (Å²) in [6.45, 7) is 2.73. The van der Waals surface area contributed by atoms with Crippen molar-refractivity contribution >= 4 is 17.2 Å². The minimum Gasteiger partial charge on any atom is -0.339 e. The summed E-state index contributed by atoms with van der Waals surface area (Å²) in [6.07, 6.45) is 6.80. The minimum atomic E-state index is 0.178. The van der Waals surface area contributed by atoms with Crippen LogP contribution in [0.4, 0.5) is 0 Å². The minimum absolute atomic E-state index is 0.178. The second-order valence-corrected chi connectivity index (χ2v) is 9.34. The Morgan fingerprint density at radius 1 is 1.33 bits per heavy atom. The maximum absolute atomic E-state index is 12.6. The van der Waals surface area contributed by atoms with Gasteiger partial charge in [0.05, 0.1) is 11.6 Å². The van der Waals surface area contributed by atoms with Crippen LogP contribution in [0.15, 0.2) is 21.3 Å². The van der Waals surface area contributed by atoms with Crippen molar-refractivity contribution in [1.82, 2.24) is 19.9 Å². The van der Waals surface area contributed by atoms with E-state index in [0.29, 0.717) is 5.92 Å². The normalized spacial score (nSPS) is 25.8. The summed E-state index contributed by atoms with van der Waals surface area (Å²) in [4.78, 5) is 21.7. The molecule has 144 valence electrons. The van der Waals surface area contributed by atoms with Crippen LogP contribution in [0.3, 0.4) is 0 Å². The highest BCUT2D eigenvalue weighted by Crippen LogP contribution is 2.48. The fraction of sp³-hybridized carbons (Fsp3) is 0.650. The van der Waals surface area contributed by atoms with Gasteiger partial charge in [-0.25, -0.2) is 0 Å². The smallest absolute Gasteiger partial charge is 0.254 e. The first kappa shape index (κ1) is 17.4. The Kier molecular flexibility index (Phi) is 4.31. The quantitative estimate of drug-likeness (QED) is 0.805. The number of rotatable bonds is 3. The number of nitrogens with zero attached hydrogens (tertiary/aromatic N) is 4. The summed E-state index contributed by atoms with van der Waals surface area (Å²) in [5.41, 5.74) is 1.09. The van der Waals surface area contributed by atoms with Crippen LogP contribution < -0.4 is 0 Å². The predicted molar refractivity (Wildman–Crippen MR) is 103 cm³/mol. The van der Waals surface area contributed by atoms with Crippen molar-refractivity contribution in [2.24, 2.45) is 5.41 Å². The van der Waals surface area contributed by atoms with Gasteiger partial charge in [0.25, 0.3) is 5.91 Å². The molecule has 7 heteroatoms. The van der Waals surface area contributed by atoms with E-state index in [9.17, 15) is 4.79 Å². The predicted octanol–water partition coefficient (Wildman–Crippen LogP) is 3.70. The maximum Gasteiger partial charge on any atom is 0.254 e. The molecule has 0 aromatic carbocycles. The zero-order valence-corrected chi connectivity index (χ0v) is 16.6. The van der Waals surface area contributed by atoms with Gasteiger partial charge in [-0.1, -0.05) is 11.6 Å². The zero-order chi connectivity index (χ0) is 18.4. The summed E-state index contributed by atoms with van der Waals surface area (Å²) < 4.78 is 5.56. The number of carbonyl (C=O) groups is 1. The largest absolute Gasteiger partial charge is 0.339 e. The molecule has 0 radical (unpaired) electrons. The van der Waals surface area contributed by atoms with E-state index in [1.165, 1.54) is 19.3 Å². The number of hydrogen-bond donors (Lipinski definition) is 0. The first-order chi connectivity index (χ1) is 13.1. The van der Waals surface area contributed by atoms with Crippen molar-refractivity contribution in [3.63, 3.8) is 0 Å². The third-order valence-electron chi connectivity index (χ3n) is 6.83. The SMILES string of the molecule is CN1CC2(CCN(C(=O)c3ccsc3)CC2)CC1c1noc(C2CCC2)n1. The lowest BCUT2D eigenvalue weighted by Gasteiger charge is -2.39. The Bertz CT molecular complexity index is 806. The van der Waals surface area contributed by atoms with Gasteiger partial charge in [0.15, 0.2) is 5.82 Å². The van der Waals surface area contributed by atoms with Gasteiger partial charge >= 0.3 is 0 Å². The van der Waals surface area contributed by atoms with Gasteiger partial charge in [0.2, 0.25) is 5.89 Å². The van der Waals surface area contributed by atoms with E-state index in [1.807, 2.05) is 21.7 Å². The van der Waals surface area contributed by atoms with Gasteiger partial charge in [0.1, 0.15) is 0 Å². The van der Waals surface area contributed by atoms with E-state index in [1.54, 1.807) is 11.3 Å². The van der Waals surface area contributed by atoms with Crippen molar-refractivity contribution in [3.8, 4) is 0 Å². The monoisotopic (exact) mass is 386 g/mol. The van der Waals surface area contributed by atoms with Crippen LogP contribution in [0.25, 0.3) is 0 Å². The maximum atomic E-state index is 12.6. The van der Waals surface area contributed by atoms with Crippen molar-refractivity contribution in [1.29, 1.82) is 0 Å². The Morgan fingerprint density at radius 3 is 2.81 bits per heavy atom. The molecule has 2 aromatic rings. The van der Waals surface area contributed by atoms with Crippen molar-refractivity contribution < 1.29 is 9.32 Å². The van der Waals surface area contributed by atoms with E-state index < -0.39 is 0 Å². The highest BCUT2D eigenvalue weighted by atomic mass is 32.1. The lowest BCUT2D eigenvalue weighted by atomic mass is 9.76. The molecule has 1 atom stereocenters. The third kappa shape index (κ3) is 3.10. The molecule has 1 amide bonds. The third-order valence-corrected chi connectivity index (χ3v) is 7.52. The molecule has 2 saturated heterocycles. The number of amides is 1. The van der Waals surface area contributed by atoms with Gasteiger partial charge in [-0.2, -0.15) is 16.3 Å². The van der Waals surface area contributed by atoms with Gasteiger partial charge in [-0.15, -0.1) is 0 Å². The molecule has 1 aliphatic carbocycles. The fourth-order valence-corrected chi connectivity index (χ4v) is 5.51. The molecule has 3 aliphatic rings. The van der Waals surface area contributed by atoms with Crippen molar-refractivity contribution in [2.75, 3.05) is 26.7 Å². The Balaban J connectivity index is 1.24. The fourth-order valence-electron chi connectivity index (χ4n) is 4.88. The second-order valence-electron chi connectivity index (χ2n) is 8.56. The van der Waals surface area contributed by atoms with Crippen LogP contribution in [0.1, 0.15) is 72.6 Å². The van der Waals surface area contributed by atoms with Crippen LogP contribution in [0.5, 0.6) is 0 Å². The molecule has 4 heterocycles. The molecule has 3 fully saturated rings. The molecular weight excluding hydrogens is 360 g/mol. The van der Waals surface area contributed by atoms with Gasteiger partial charge in [-0.05, 0) is 56.0 Å². The molecule has 0 bridgehead atoms. The highest BCUT2D eigenvalue weighted by Gasteiger charge is 2.46. The molecule has 27 heavy (non-hydrogen) atoms. The average Bonchev–Trinajstić information content (AvgIpc) is 3.35. The molecule has 2 aromatic heterocycles. The number of likely N-dealkylation sites (tertiary alicyclic amines) is 2. The summed E-state index contributed by atoms with van der Waals surface area (Å²) >= 11 is 1.58. The lowest BCUT2D eigenvalue weighted by Crippen LogP contribution is -2.44. The Labute approximate surface area is 163 Å². The summed E-state index contributed by atoms with van der Waals surface area (Å²) in [5.74, 6) is 2.35. The van der Waals surface area contributed by atoms with Crippen molar-refractivity contribution in [3.05, 3.63) is 34.1 Å². The summed E-state index contributed by atoms with van der Waals surface area (Å²) in [5, 5.41) is 8.23. The summed E-state index contributed by atoms with van der Waals surface area (Å²) in [7, 11) is 2.17. The van der Waals surface area contributed by atoms with E-state index in [4.69, 9.17) is 9.51 Å². The second kappa shape index (κ2) is 6.71.